The molecule has 2 saturated heterocycles. The molecular formula is C67H92ClF2N9O13. The minimum absolute atomic E-state index is 0.0470. The maximum atomic E-state index is 15.5. The van der Waals surface area contributed by atoms with Gasteiger partial charge in [-0.05, 0) is 149 Å². The summed E-state index contributed by atoms with van der Waals surface area (Å²) >= 11 is 4.92. The molecule has 25 heteroatoms. The van der Waals surface area contributed by atoms with Crippen LogP contribution in [0.2, 0.25) is 0 Å². The zero-order valence-electron chi connectivity index (χ0n) is 53.8. The molecule has 5 amide bonds. The molecule has 0 spiro atoms. The molecule has 0 radical (unpaired) electrons. The lowest BCUT2D eigenvalue weighted by Gasteiger charge is -2.43. The quantitative estimate of drug-likeness (QED) is 0.0102. The number of nitrogens with two attached hydrogens (primary N) is 2. The number of halogens is 3. The fourth-order valence-corrected chi connectivity index (χ4v) is 11.0. The lowest BCUT2D eigenvalue weighted by Crippen LogP contribution is -2.51. The Kier molecular flexibility index (Phi) is 32.2. The third-order valence-corrected chi connectivity index (χ3v) is 15.5. The van der Waals surface area contributed by atoms with Gasteiger partial charge in [0.15, 0.2) is 0 Å². The van der Waals surface area contributed by atoms with E-state index in [-0.39, 0.29) is 41.5 Å². The molecule has 4 atom stereocenters. The SMILES string of the molecule is CC(C)(C)OC(=O)NCCN.CCc1cccc(-c2c(F)cccc2C(O)(CCCNC(=O)OC)[C@@H]2CCCN(C(=O)NCCN)C2)c1.CCc1cccc(-c2c(F)cccc2C(O)(CCCNC(=O)OC)[C@@H]2CCCNC2)c1.O=C(Cl)Oc1ccc([N+](=O)[O-])cc1. The summed E-state index contributed by atoms with van der Waals surface area (Å²) in [5, 5.41) is 48.7. The molecule has 22 nitrogen and oxygen atoms in total. The number of carbonyl (C=O) groups excluding carboxylic acids is 5. The summed E-state index contributed by atoms with van der Waals surface area (Å²) in [6, 6.07) is 30.1. The highest BCUT2D eigenvalue weighted by atomic mass is 35.5. The van der Waals surface area contributed by atoms with Gasteiger partial charge in [0.1, 0.15) is 23.0 Å². The number of aryl methyl sites for hydroxylation is 2. The van der Waals surface area contributed by atoms with Gasteiger partial charge in [-0.3, -0.25) is 10.1 Å². The van der Waals surface area contributed by atoms with Crippen LogP contribution < -0.4 is 42.8 Å². The Bertz CT molecular complexity index is 3150. The van der Waals surface area contributed by atoms with Crippen molar-refractivity contribution in [2.24, 2.45) is 23.3 Å². The zero-order valence-corrected chi connectivity index (χ0v) is 54.5. The number of nitro groups is 1. The molecular weight excluding hydrogens is 1210 g/mol. The van der Waals surface area contributed by atoms with Gasteiger partial charge >= 0.3 is 29.7 Å². The van der Waals surface area contributed by atoms with Crippen LogP contribution >= 0.6 is 11.6 Å². The second-order valence-corrected chi connectivity index (χ2v) is 23.3. The predicted molar refractivity (Wildman–Crippen MR) is 350 cm³/mol. The number of ether oxygens (including phenoxy) is 4. The van der Waals surface area contributed by atoms with Crippen LogP contribution in [-0.2, 0) is 38.3 Å². The number of amides is 5. The van der Waals surface area contributed by atoms with Crippen LogP contribution in [0.3, 0.4) is 0 Å². The Balaban J connectivity index is 0.000000292. The maximum Gasteiger partial charge on any atom is 0.409 e. The highest BCUT2D eigenvalue weighted by molar-refractivity contribution is 6.61. The van der Waals surface area contributed by atoms with Gasteiger partial charge in [-0.1, -0.05) is 86.6 Å². The van der Waals surface area contributed by atoms with Crippen LogP contribution in [0.1, 0.15) is 108 Å². The second kappa shape index (κ2) is 38.8. The van der Waals surface area contributed by atoms with Gasteiger partial charge in [0.05, 0.1) is 30.3 Å². The van der Waals surface area contributed by atoms with Crippen molar-refractivity contribution in [3.63, 3.8) is 0 Å². The van der Waals surface area contributed by atoms with Crippen LogP contribution in [0.25, 0.3) is 22.3 Å². The van der Waals surface area contributed by atoms with Crippen molar-refractivity contribution in [1.82, 2.24) is 31.5 Å². The van der Waals surface area contributed by atoms with E-state index >= 15 is 8.78 Å². The van der Waals surface area contributed by atoms with E-state index in [4.69, 9.17) is 27.8 Å². The van der Waals surface area contributed by atoms with E-state index < -0.39 is 51.3 Å². The van der Waals surface area contributed by atoms with E-state index in [1.807, 2.05) is 82.3 Å². The molecule has 7 rings (SSSR count). The van der Waals surface area contributed by atoms with Crippen molar-refractivity contribution >= 4 is 47.0 Å². The van der Waals surface area contributed by atoms with E-state index in [0.29, 0.717) is 119 Å². The number of benzene rings is 5. The number of rotatable bonds is 22. The Morgan fingerprint density at radius 3 is 1.61 bits per heavy atom. The van der Waals surface area contributed by atoms with Crippen LogP contribution in [0.4, 0.5) is 38.4 Å². The number of nitrogens with zero attached hydrogens (tertiary/aromatic N) is 2. The lowest BCUT2D eigenvalue weighted by molar-refractivity contribution is -0.384. The van der Waals surface area contributed by atoms with Gasteiger partial charge in [0.2, 0.25) is 0 Å². The number of likely N-dealkylation sites (tertiary alicyclic amines) is 1. The molecule has 5 aromatic carbocycles. The minimum Gasteiger partial charge on any atom is -0.453 e. The van der Waals surface area contributed by atoms with Crippen molar-refractivity contribution in [3.05, 3.63) is 153 Å². The monoisotopic (exact) mass is 1300 g/mol. The summed E-state index contributed by atoms with van der Waals surface area (Å²) in [6.45, 7) is 14.3. The smallest absolute Gasteiger partial charge is 0.409 e. The molecule has 92 heavy (non-hydrogen) atoms. The molecule has 504 valence electrons. The fraction of sp³-hybridized carbons (Fsp3) is 0.478. The van der Waals surface area contributed by atoms with Gasteiger partial charge in [0.25, 0.3) is 5.69 Å². The van der Waals surface area contributed by atoms with E-state index in [1.54, 1.807) is 23.1 Å². The molecule has 2 heterocycles. The average molecular weight is 1300 g/mol. The number of aliphatic hydroxyl groups is 2. The van der Waals surface area contributed by atoms with E-state index in [2.05, 4.69) is 47.7 Å². The van der Waals surface area contributed by atoms with Crippen LogP contribution in [0, 0.1) is 33.6 Å². The third kappa shape index (κ3) is 24.2. The molecule has 0 aliphatic carbocycles. The minimum atomic E-state index is -1.44. The molecule has 0 saturated carbocycles. The molecule has 0 bridgehead atoms. The van der Waals surface area contributed by atoms with Gasteiger partial charge in [-0.15, -0.1) is 0 Å². The Morgan fingerprint density at radius 1 is 0.685 bits per heavy atom. The highest BCUT2D eigenvalue weighted by Gasteiger charge is 2.44. The first-order valence-corrected chi connectivity index (χ1v) is 31.3. The zero-order chi connectivity index (χ0) is 67.9. The Morgan fingerprint density at radius 2 is 1.16 bits per heavy atom. The summed E-state index contributed by atoms with van der Waals surface area (Å²) < 4.78 is 49.4. The third-order valence-electron chi connectivity index (χ3n) is 15.4. The number of non-ortho nitro benzene ring substituents is 1. The molecule has 5 aromatic rings. The molecule has 2 aliphatic rings. The van der Waals surface area contributed by atoms with Gasteiger partial charge in [0, 0.05) is 106 Å². The van der Waals surface area contributed by atoms with Crippen LogP contribution in [0.5, 0.6) is 5.75 Å². The summed E-state index contributed by atoms with van der Waals surface area (Å²) in [7, 11) is 2.62. The number of nitrogens with one attached hydrogen (secondary N) is 5. The van der Waals surface area contributed by atoms with Crippen molar-refractivity contribution in [2.75, 3.05) is 79.7 Å². The summed E-state index contributed by atoms with van der Waals surface area (Å²) in [4.78, 5) is 68.1. The summed E-state index contributed by atoms with van der Waals surface area (Å²) in [6.07, 6.45) is 5.06. The average Bonchev–Trinajstić information content (AvgIpc) is 0.828. The standard InChI is InChI=1S/C28H39FN4O4.C25H33FN2O3.C7H4ClNO4.C7H16N2O2/c1-3-20-8-4-9-21(18-20)25-23(11-5-12-24(25)29)28(36,13-7-15-32-27(35)37-2)22-10-6-17-33(19-22)26(34)31-16-14-30;1-3-18-8-4-9-19(16-18)23-21(11-5-12-22(23)26)25(30,20-10-6-14-27-17-20)13-7-15-28-24(29)31-2;8-7(10)13-6-3-1-5(2-4-6)9(11)12;1-7(2,3)11-6(10)9-5-4-8/h4-5,8-9,11-12,18,22,36H,3,6-7,10,13-17,19,30H2,1-2H3,(H,31,34)(H,32,35);4-5,8-9,11-12,16,20,27,30H,3,6-7,10,13-15,17H2,1-2H3,(H,28,29);1-4H;4-5,8H2,1-3H3,(H,9,10)/t22-,28?;20-,25?;;/m11../s1. The van der Waals surface area contributed by atoms with Crippen molar-refractivity contribution in [2.45, 2.75) is 116 Å². The van der Waals surface area contributed by atoms with E-state index in [9.17, 15) is 44.3 Å². The lowest BCUT2D eigenvalue weighted by atomic mass is 9.72. The predicted octanol–water partition coefficient (Wildman–Crippen LogP) is 10.9. The molecule has 2 unspecified atom stereocenters. The highest BCUT2D eigenvalue weighted by Crippen LogP contribution is 2.46. The first-order chi connectivity index (χ1) is 43.9. The number of methoxy groups -OCH3 is 2. The van der Waals surface area contributed by atoms with Gasteiger partial charge in [-0.25, -0.2) is 32.8 Å². The molecule has 11 N–H and O–H groups in total. The van der Waals surface area contributed by atoms with Crippen molar-refractivity contribution in [3.8, 4) is 28.0 Å². The Hall–Kier alpha value is -8.00. The topological polar surface area (TPSA) is 321 Å². The van der Waals surface area contributed by atoms with Crippen LogP contribution in [-0.4, -0.2) is 135 Å². The number of piperidine rings is 2. The fourth-order valence-electron chi connectivity index (χ4n) is 10.9. The van der Waals surface area contributed by atoms with Crippen molar-refractivity contribution < 1.29 is 66.8 Å². The normalized spacial score (nSPS) is 15.7. The summed E-state index contributed by atoms with van der Waals surface area (Å²) in [5.74, 6) is -0.955. The molecule has 0 aromatic heterocycles. The van der Waals surface area contributed by atoms with E-state index in [1.165, 1.54) is 50.6 Å². The maximum absolute atomic E-state index is 15.5. The number of carbonyl (C=O) groups is 5. The van der Waals surface area contributed by atoms with Gasteiger partial charge < -0.3 is 72.1 Å². The van der Waals surface area contributed by atoms with Crippen LogP contribution in [0.15, 0.2) is 109 Å². The number of hydrogen-bond donors (Lipinski definition) is 9. The Labute approximate surface area is 542 Å². The second-order valence-electron chi connectivity index (χ2n) is 23.0. The molecule has 2 aliphatic heterocycles. The molecule has 2 fully saturated rings. The first-order valence-electron chi connectivity index (χ1n) is 30.9. The largest absolute Gasteiger partial charge is 0.453 e. The number of hydrogen-bond acceptors (Lipinski definition) is 16. The van der Waals surface area contributed by atoms with Crippen molar-refractivity contribution in [1.29, 1.82) is 0 Å². The van der Waals surface area contributed by atoms with Gasteiger partial charge in [-0.2, -0.15) is 0 Å². The number of nitro benzene ring substituents is 1. The van der Waals surface area contributed by atoms with E-state index in [0.717, 1.165) is 48.9 Å². The first kappa shape index (κ1) is 76.5. The number of alkyl carbamates (subject to hydrolysis) is 3. The number of urea groups is 1. The summed E-state index contributed by atoms with van der Waals surface area (Å²) in [5.41, 5.74) is 12.2.